The second-order valence-electron chi connectivity index (χ2n) is 14.7. The Morgan fingerprint density at radius 2 is 1.68 bits per heavy atom. The van der Waals surface area contributed by atoms with Crippen LogP contribution in [-0.2, 0) is 27.3 Å². The summed E-state index contributed by atoms with van der Waals surface area (Å²) in [7, 11) is 3.15. The number of fused-ring (bicyclic) bond motifs is 3. The number of ketones is 2. The largest absolute Gasteiger partial charge is 0.508 e. The number of rotatable bonds is 6. The third kappa shape index (κ3) is 4.13. The number of primary amides is 1. The molecular weight excluding hydrogens is 586 g/mol. The van der Waals surface area contributed by atoms with Crippen LogP contribution in [0.15, 0.2) is 23.0 Å². The quantitative estimate of drug-likeness (QED) is 0.260. The molecule has 10 nitrogen and oxygen atoms in total. The molecule has 5 saturated carbocycles. The monoisotopic (exact) mass is 625 g/mol. The average molecular weight is 626 g/mol. The fraction of sp³-hybridized carbons (Fsp3) is 0.606. The number of nitrogens with two attached hydrogens (primary N) is 1. The van der Waals surface area contributed by atoms with Crippen LogP contribution >= 0.6 is 11.6 Å². The number of aromatic hydroxyl groups is 1. The topological polar surface area (TPSA) is 173 Å². The maximum Gasteiger partial charge on any atom is 0.255 e. The van der Waals surface area contributed by atoms with Gasteiger partial charge in [0.2, 0.25) is 5.78 Å². The fourth-order valence-corrected chi connectivity index (χ4v) is 10.7. The van der Waals surface area contributed by atoms with Crippen molar-refractivity contribution in [3.8, 4) is 5.75 Å². The molecule has 44 heavy (non-hydrogen) atoms. The van der Waals surface area contributed by atoms with Crippen molar-refractivity contribution in [3.63, 3.8) is 0 Å². The second kappa shape index (κ2) is 10.0. The molecule has 1 aromatic rings. The van der Waals surface area contributed by atoms with Crippen molar-refractivity contribution < 1.29 is 34.8 Å². The van der Waals surface area contributed by atoms with E-state index in [0.717, 1.165) is 24.3 Å². The van der Waals surface area contributed by atoms with Gasteiger partial charge in [0, 0.05) is 29.6 Å². The van der Waals surface area contributed by atoms with Crippen LogP contribution in [0.1, 0.15) is 61.6 Å². The van der Waals surface area contributed by atoms with E-state index < -0.39 is 58.0 Å². The molecule has 4 atom stereocenters. The maximum absolute atomic E-state index is 14.0. The van der Waals surface area contributed by atoms with Gasteiger partial charge in [-0.1, -0.05) is 11.6 Å². The van der Waals surface area contributed by atoms with Crippen molar-refractivity contribution in [3.05, 3.63) is 44.7 Å². The minimum Gasteiger partial charge on any atom is -0.508 e. The number of aliphatic hydroxyl groups is 3. The van der Waals surface area contributed by atoms with Gasteiger partial charge in [-0.25, -0.2) is 0 Å². The molecule has 5 fully saturated rings. The van der Waals surface area contributed by atoms with Crippen molar-refractivity contribution in [1.29, 1.82) is 0 Å². The predicted octanol–water partition coefficient (Wildman–Crippen LogP) is 2.92. The van der Waals surface area contributed by atoms with E-state index in [1.165, 1.54) is 49.5 Å². The Balaban J connectivity index is 1.21. The molecule has 0 saturated heterocycles. The van der Waals surface area contributed by atoms with Gasteiger partial charge in [-0.3, -0.25) is 19.3 Å². The SMILES string of the molecule is CN(C)[C@@H]1C(=O)C(C(N)=O)=C(O)[C@@]2(O)C(=O)C3=C(O)c4c(O)cc(CNCC56CC7CC(CC(C7)C5)C6)c(Cl)c4C[C@H]3C[C@@H]12. The molecule has 7 N–H and O–H groups in total. The maximum atomic E-state index is 14.0. The molecule has 0 aliphatic heterocycles. The molecule has 4 bridgehead atoms. The highest BCUT2D eigenvalue weighted by Crippen LogP contribution is 2.60. The molecule has 0 aromatic heterocycles. The number of halogens is 1. The van der Waals surface area contributed by atoms with Crippen LogP contribution in [0, 0.1) is 35.0 Å². The highest BCUT2D eigenvalue weighted by atomic mass is 35.5. The van der Waals surface area contributed by atoms with Crippen LogP contribution in [0.25, 0.3) is 5.76 Å². The number of benzene rings is 1. The van der Waals surface area contributed by atoms with Gasteiger partial charge >= 0.3 is 0 Å². The fourth-order valence-electron chi connectivity index (χ4n) is 10.4. The molecule has 1 aromatic carbocycles. The first-order chi connectivity index (χ1) is 20.8. The lowest BCUT2D eigenvalue weighted by atomic mass is 9.49. The van der Waals surface area contributed by atoms with Crippen LogP contribution in [0.3, 0.4) is 0 Å². The van der Waals surface area contributed by atoms with Gasteiger partial charge < -0.3 is 31.5 Å². The van der Waals surface area contributed by atoms with Crippen LogP contribution in [0.2, 0.25) is 5.02 Å². The Hall–Kier alpha value is -2.92. The summed E-state index contributed by atoms with van der Waals surface area (Å²) in [6.07, 6.45) is 8.11. The number of amides is 1. The number of phenolic OH excluding ortho intramolecular Hbond substituents is 1. The number of hydrogen-bond donors (Lipinski definition) is 6. The van der Waals surface area contributed by atoms with Gasteiger partial charge in [0.15, 0.2) is 11.4 Å². The van der Waals surface area contributed by atoms with Crippen molar-refractivity contribution in [2.24, 2.45) is 40.7 Å². The lowest BCUT2D eigenvalue weighted by molar-refractivity contribution is -0.153. The van der Waals surface area contributed by atoms with E-state index in [-0.39, 0.29) is 29.7 Å². The first-order valence-electron chi connectivity index (χ1n) is 15.6. The minimum atomic E-state index is -2.66. The third-order valence-corrected chi connectivity index (χ3v) is 12.2. The summed E-state index contributed by atoms with van der Waals surface area (Å²) in [5.74, 6) is -4.23. The number of likely N-dealkylation sites (N-methyl/N-ethyl adjacent to an activating group) is 1. The number of hydrogen-bond acceptors (Lipinski definition) is 9. The Morgan fingerprint density at radius 3 is 2.25 bits per heavy atom. The van der Waals surface area contributed by atoms with E-state index in [0.29, 0.717) is 28.1 Å². The lowest BCUT2D eigenvalue weighted by Crippen LogP contribution is -2.65. The number of nitrogens with zero attached hydrogens (tertiary/aromatic N) is 1. The standard InChI is InChI=1S/C33H40ClN3O7/c1-37(2)26-20-7-17-6-19-23(27(39)22(17)29(41)33(20,44)30(42)24(28(26)40)31(35)43)21(38)8-18(25(19)34)12-36-13-32-9-14-3-15(10-32)5-16(4-14)11-32/h8,14-17,20,26,36,38-39,42,44H,3-7,9-13H2,1-2H3,(H2,35,43)/t14?,15?,16?,17-,20-,26-,32?,33-/m0/s1. The van der Waals surface area contributed by atoms with Gasteiger partial charge in [-0.15, -0.1) is 0 Å². The minimum absolute atomic E-state index is 0.0103. The normalized spacial score (nSPS) is 37.4. The smallest absolute Gasteiger partial charge is 0.255 e. The van der Waals surface area contributed by atoms with Gasteiger partial charge in [0.1, 0.15) is 22.8 Å². The summed E-state index contributed by atoms with van der Waals surface area (Å²) in [6.45, 7) is 1.33. The lowest BCUT2D eigenvalue weighted by Gasteiger charge is -2.57. The van der Waals surface area contributed by atoms with Crippen molar-refractivity contribution in [2.75, 3.05) is 20.6 Å². The summed E-state index contributed by atoms with van der Waals surface area (Å²) in [5, 5.41) is 49.3. The Labute approximate surface area is 260 Å². The van der Waals surface area contributed by atoms with E-state index in [9.17, 15) is 34.8 Å². The van der Waals surface area contributed by atoms with Crippen LogP contribution < -0.4 is 11.1 Å². The molecule has 0 unspecified atom stereocenters. The Bertz CT molecular complexity index is 1530. The number of nitrogens with one attached hydrogen (secondary N) is 1. The summed E-state index contributed by atoms with van der Waals surface area (Å²) in [5.41, 5.74) is 3.22. The van der Waals surface area contributed by atoms with Crippen LogP contribution in [0.4, 0.5) is 0 Å². The van der Waals surface area contributed by atoms with Crippen molar-refractivity contribution in [2.45, 2.75) is 69.6 Å². The number of Topliss-reactive ketones (excluding diaryl/α,β-unsaturated/α-hetero) is 2. The van der Waals surface area contributed by atoms with Gasteiger partial charge in [0.25, 0.3) is 5.91 Å². The van der Waals surface area contributed by atoms with Crippen molar-refractivity contribution in [1.82, 2.24) is 10.2 Å². The molecular formula is C33H40ClN3O7. The first-order valence-corrected chi connectivity index (χ1v) is 16.0. The highest BCUT2D eigenvalue weighted by molar-refractivity contribution is 6.32. The van der Waals surface area contributed by atoms with E-state index in [1.54, 1.807) is 14.1 Å². The average Bonchev–Trinajstić information content (AvgIpc) is 2.92. The zero-order chi connectivity index (χ0) is 31.5. The molecule has 0 spiro atoms. The zero-order valence-corrected chi connectivity index (χ0v) is 25.8. The Kier molecular flexibility index (Phi) is 6.79. The summed E-state index contributed by atoms with van der Waals surface area (Å²) >= 11 is 6.95. The van der Waals surface area contributed by atoms with E-state index >= 15 is 0 Å². The van der Waals surface area contributed by atoms with Crippen LogP contribution in [0.5, 0.6) is 5.75 Å². The van der Waals surface area contributed by atoms with Crippen LogP contribution in [-0.4, -0.2) is 75.1 Å². The molecule has 7 aliphatic rings. The molecule has 1 amide bonds. The predicted molar refractivity (Wildman–Crippen MR) is 162 cm³/mol. The summed E-state index contributed by atoms with van der Waals surface area (Å²) < 4.78 is 0. The van der Waals surface area contributed by atoms with E-state index in [4.69, 9.17) is 17.3 Å². The van der Waals surface area contributed by atoms with E-state index in [1.807, 2.05) is 0 Å². The van der Waals surface area contributed by atoms with Gasteiger partial charge in [-0.05, 0) is 112 Å². The zero-order valence-electron chi connectivity index (χ0n) is 25.0. The molecule has 7 aliphatic carbocycles. The second-order valence-corrected chi connectivity index (χ2v) is 15.1. The van der Waals surface area contributed by atoms with E-state index in [2.05, 4.69) is 5.32 Å². The number of phenols is 1. The summed E-state index contributed by atoms with van der Waals surface area (Å²) in [4.78, 5) is 40.9. The molecule has 0 heterocycles. The number of aliphatic hydroxyl groups excluding tert-OH is 2. The number of carbonyl (C=O) groups excluding carboxylic acids is 3. The molecule has 0 radical (unpaired) electrons. The number of carbonyl (C=O) groups is 3. The highest BCUT2D eigenvalue weighted by Gasteiger charge is 2.64. The van der Waals surface area contributed by atoms with Gasteiger partial charge in [0.05, 0.1) is 11.6 Å². The molecule has 8 rings (SSSR count). The summed E-state index contributed by atoms with van der Waals surface area (Å²) in [6, 6.07) is 0.371. The molecule has 236 valence electrons. The first kappa shape index (κ1) is 29.8. The Morgan fingerprint density at radius 1 is 1.07 bits per heavy atom. The third-order valence-electron chi connectivity index (χ3n) is 11.7. The van der Waals surface area contributed by atoms with Crippen molar-refractivity contribution >= 4 is 34.8 Å². The van der Waals surface area contributed by atoms with Gasteiger partial charge in [-0.2, -0.15) is 0 Å². The molecule has 11 heteroatoms.